The maximum Gasteiger partial charge on any atom is 0.303 e. The topological polar surface area (TPSA) is 37.3 Å². The molecule has 2 nitrogen and oxygen atoms in total. The second-order valence-electron chi connectivity index (χ2n) is 3.90. The third-order valence-corrected chi connectivity index (χ3v) is 2.60. The van der Waals surface area contributed by atoms with E-state index < -0.39 is 5.97 Å². The Balaban J connectivity index is 2.09. The van der Waals surface area contributed by atoms with Gasteiger partial charge < -0.3 is 5.11 Å². The summed E-state index contributed by atoms with van der Waals surface area (Å²) in [7, 11) is 0. The van der Waals surface area contributed by atoms with Gasteiger partial charge >= 0.3 is 5.97 Å². The highest BCUT2D eigenvalue weighted by molar-refractivity contribution is 5.66. The number of carboxylic acid groups (broad SMARTS) is 1. The van der Waals surface area contributed by atoms with Crippen LogP contribution in [-0.2, 0) is 4.79 Å². The predicted octanol–water partition coefficient (Wildman–Crippen LogP) is 2.83. The van der Waals surface area contributed by atoms with Gasteiger partial charge in [0.2, 0.25) is 0 Å². The lowest BCUT2D eigenvalue weighted by atomic mass is 9.90. The molecule has 0 spiro atoms. The molecular formula is C12H18O2. The summed E-state index contributed by atoms with van der Waals surface area (Å²) in [6.07, 6.45) is 8.15. The Morgan fingerprint density at radius 2 is 2.00 bits per heavy atom. The van der Waals surface area contributed by atoms with Crippen molar-refractivity contribution in [1.82, 2.24) is 0 Å². The third kappa shape index (κ3) is 4.91. The van der Waals surface area contributed by atoms with E-state index in [1.165, 1.54) is 32.1 Å². The van der Waals surface area contributed by atoms with Crippen molar-refractivity contribution in [3.63, 3.8) is 0 Å². The molecular weight excluding hydrogens is 176 g/mol. The van der Waals surface area contributed by atoms with Crippen LogP contribution in [0.4, 0.5) is 0 Å². The van der Waals surface area contributed by atoms with E-state index in [0.717, 1.165) is 6.42 Å². The van der Waals surface area contributed by atoms with Crippen molar-refractivity contribution in [2.24, 2.45) is 5.92 Å². The minimum atomic E-state index is -0.718. The molecule has 0 bridgehead atoms. The molecule has 2 heteroatoms. The van der Waals surface area contributed by atoms with Gasteiger partial charge in [-0.3, -0.25) is 4.79 Å². The summed E-state index contributed by atoms with van der Waals surface area (Å²) in [5, 5.41) is 8.41. The maximum absolute atomic E-state index is 10.2. The van der Waals surface area contributed by atoms with Crippen molar-refractivity contribution in [3.05, 3.63) is 0 Å². The molecule has 0 radical (unpaired) electrons. The molecule has 0 aromatic heterocycles. The number of carboxylic acids is 1. The molecule has 0 unspecified atom stereocenters. The van der Waals surface area contributed by atoms with E-state index in [2.05, 4.69) is 11.8 Å². The number of hydrogen-bond donors (Lipinski definition) is 1. The van der Waals surface area contributed by atoms with Gasteiger partial charge in [0.25, 0.3) is 0 Å². The van der Waals surface area contributed by atoms with E-state index in [1.54, 1.807) is 0 Å². The number of carbonyl (C=O) groups is 1. The van der Waals surface area contributed by atoms with Crippen LogP contribution in [0.2, 0.25) is 0 Å². The lowest BCUT2D eigenvalue weighted by molar-refractivity contribution is -0.137. The quantitative estimate of drug-likeness (QED) is 0.554. The van der Waals surface area contributed by atoms with Crippen molar-refractivity contribution in [2.75, 3.05) is 0 Å². The fraction of sp³-hybridized carbons (Fsp3) is 0.750. The first-order valence-electron chi connectivity index (χ1n) is 5.49. The van der Waals surface area contributed by atoms with Gasteiger partial charge in [-0.1, -0.05) is 25.2 Å². The number of unbranched alkanes of at least 4 members (excludes halogenated alkanes) is 1. The lowest BCUT2D eigenvalue weighted by Crippen LogP contribution is -2.02. The van der Waals surface area contributed by atoms with E-state index in [9.17, 15) is 4.79 Å². The molecule has 0 aromatic carbocycles. The molecule has 0 aromatic rings. The van der Waals surface area contributed by atoms with Gasteiger partial charge in [-0.05, 0) is 19.3 Å². The van der Waals surface area contributed by atoms with Gasteiger partial charge in [0.1, 0.15) is 0 Å². The third-order valence-electron chi connectivity index (χ3n) is 2.60. The molecule has 0 amide bonds. The molecule has 0 heterocycles. The van der Waals surface area contributed by atoms with Crippen LogP contribution in [-0.4, -0.2) is 11.1 Å². The summed E-state index contributed by atoms with van der Waals surface area (Å²) in [5.41, 5.74) is 0. The van der Waals surface area contributed by atoms with E-state index in [-0.39, 0.29) is 6.42 Å². The molecule has 78 valence electrons. The number of aliphatic carboxylic acids is 1. The zero-order chi connectivity index (χ0) is 10.2. The maximum atomic E-state index is 10.2. The van der Waals surface area contributed by atoms with E-state index in [4.69, 9.17) is 5.11 Å². The Hall–Kier alpha value is -0.970. The Bertz CT molecular complexity index is 228. The number of rotatable bonds is 3. The van der Waals surface area contributed by atoms with Crippen LogP contribution in [0, 0.1) is 17.8 Å². The minimum Gasteiger partial charge on any atom is -0.481 e. The summed E-state index contributed by atoms with van der Waals surface area (Å²) in [6.45, 7) is 0. The SMILES string of the molecule is O=C(O)CCCC#CC1CCCCC1. The smallest absolute Gasteiger partial charge is 0.303 e. The summed E-state index contributed by atoms with van der Waals surface area (Å²) in [4.78, 5) is 10.2. The van der Waals surface area contributed by atoms with E-state index in [0.29, 0.717) is 12.3 Å². The Morgan fingerprint density at radius 3 is 2.64 bits per heavy atom. The van der Waals surface area contributed by atoms with Crippen LogP contribution in [0.5, 0.6) is 0 Å². The Labute approximate surface area is 85.7 Å². The Kier molecular flexibility index (Phi) is 5.14. The molecule has 1 N–H and O–H groups in total. The van der Waals surface area contributed by atoms with Crippen molar-refractivity contribution in [1.29, 1.82) is 0 Å². The van der Waals surface area contributed by atoms with Gasteiger partial charge in [-0.2, -0.15) is 0 Å². The highest BCUT2D eigenvalue weighted by atomic mass is 16.4. The van der Waals surface area contributed by atoms with E-state index in [1.807, 2.05) is 0 Å². The molecule has 1 fully saturated rings. The van der Waals surface area contributed by atoms with E-state index >= 15 is 0 Å². The van der Waals surface area contributed by atoms with Crippen LogP contribution in [0.15, 0.2) is 0 Å². The van der Waals surface area contributed by atoms with Crippen LogP contribution in [0.1, 0.15) is 51.4 Å². The van der Waals surface area contributed by atoms with Crippen LogP contribution < -0.4 is 0 Å². The molecule has 14 heavy (non-hydrogen) atoms. The molecule has 1 aliphatic carbocycles. The molecule has 1 aliphatic rings. The van der Waals surface area contributed by atoms with Crippen molar-refractivity contribution < 1.29 is 9.90 Å². The molecule has 0 aliphatic heterocycles. The van der Waals surface area contributed by atoms with Gasteiger partial charge in [0.15, 0.2) is 0 Å². The second kappa shape index (κ2) is 6.48. The van der Waals surface area contributed by atoms with Gasteiger partial charge in [-0.25, -0.2) is 0 Å². The monoisotopic (exact) mass is 194 g/mol. The highest BCUT2D eigenvalue weighted by Crippen LogP contribution is 2.22. The fourth-order valence-corrected chi connectivity index (χ4v) is 1.79. The van der Waals surface area contributed by atoms with Crippen molar-refractivity contribution in [2.45, 2.75) is 51.4 Å². The highest BCUT2D eigenvalue weighted by Gasteiger charge is 2.09. The first kappa shape index (κ1) is 11.1. The molecule has 1 saturated carbocycles. The first-order chi connectivity index (χ1) is 6.79. The van der Waals surface area contributed by atoms with Crippen LogP contribution in [0.25, 0.3) is 0 Å². The minimum absolute atomic E-state index is 0.249. The van der Waals surface area contributed by atoms with Crippen LogP contribution >= 0.6 is 0 Å². The van der Waals surface area contributed by atoms with Crippen molar-refractivity contribution in [3.8, 4) is 11.8 Å². The van der Waals surface area contributed by atoms with Gasteiger partial charge in [0.05, 0.1) is 0 Å². The fourth-order valence-electron chi connectivity index (χ4n) is 1.79. The largest absolute Gasteiger partial charge is 0.481 e. The zero-order valence-electron chi connectivity index (χ0n) is 8.59. The first-order valence-corrected chi connectivity index (χ1v) is 5.49. The average molecular weight is 194 g/mol. The van der Waals surface area contributed by atoms with Crippen LogP contribution in [0.3, 0.4) is 0 Å². The summed E-state index contributed by atoms with van der Waals surface area (Å²) >= 11 is 0. The lowest BCUT2D eigenvalue weighted by Gasteiger charge is -2.15. The summed E-state index contributed by atoms with van der Waals surface area (Å²) < 4.78 is 0. The molecule has 0 saturated heterocycles. The average Bonchev–Trinajstić information content (AvgIpc) is 2.18. The standard InChI is InChI=1S/C12H18O2/c13-12(14)10-6-2-5-9-11-7-3-1-4-8-11/h11H,1-4,6-8,10H2,(H,13,14). The predicted molar refractivity (Wildman–Crippen MR) is 55.8 cm³/mol. The molecule has 0 atom stereocenters. The normalized spacial score (nSPS) is 17.1. The second-order valence-corrected chi connectivity index (χ2v) is 3.90. The molecule has 1 rings (SSSR count). The summed E-state index contributed by atoms with van der Waals surface area (Å²) in [5.74, 6) is 6.22. The van der Waals surface area contributed by atoms with Gasteiger partial charge in [-0.15, -0.1) is 5.92 Å². The Morgan fingerprint density at radius 1 is 1.29 bits per heavy atom. The van der Waals surface area contributed by atoms with Crippen molar-refractivity contribution >= 4 is 5.97 Å². The number of hydrogen-bond acceptors (Lipinski definition) is 1. The van der Waals surface area contributed by atoms with Gasteiger partial charge in [0, 0.05) is 18.8 Å². The zero-order valence-corrected chi connectivity index (χ0v) is 8.59. The summed E-state index contributed by atoms with van der Waals surface area (Å²) in [6, 6.07) is 0.